The minimum Gasteiger partial charge on any atom is -0.208 e. The Hall–Kier alpha value is -6.97. The molecule has 0 bridgehead atoms. The molecular weight excluding hydrogens is 703 g/mol. The van der Waals surface area contributed by atoms with Gasteiger partial charge in [-0.25, -0.2) is 15.0 Å². The molecule has 1 fully saturated rings. The van der Waals surface area contributed by atoms with Crippen molar-refractivity contribution in [1.29, 1.82) is 0 Å². The first-order chi connectivity index (χ1) is 28.7. The van der Waals surface area contributed by atoms with Crippen LogP contribution in [0, 0.1) is 0 Å². The van der Waals surface area contributed by atoms with Gasteiger partial charge >= 0.3 is 0 Å². The summed E-state index contributed by atoms with van der Waals surface area (Å²) in [6, 6.07) is 67.6. The number of rotatable bonds is 6. The molecule has 2 aliphatic carbocycles. The molecule has 276 valence electrons. The van der Waals surface area contributed by atoms with E-state index in [2.05, 4.69) is 164 Å². The highest BCUT2D eigenvalue weighted by Gasteiger charge is 2.44. The van der Waals surface area contributed by atoms with E-state index in [1.54, 1.807) is 0 Å². The highest BCUT2D eigenvalue weighted by Crippen LogP contribution is 2.58. The standard InChI is InChI=1S/C55H41N3/c1-4-15-37(16-5-1)38-25-29-41(30-26-38)53-56-52(40-17-6-2-7-18-40)57-54(58-53)42-31-27-39(28-32-42)43-33-34-46(45-20-9-8-19-44(43)45)47-22-14-24-50-51(47)48-21-10-11-23-49(48)55(50)35-12-3-13-36-55/h1-2,4-11,14-34H,3,12-13,35-36H2. The SMILES string of the molecule is c1ccc(-c2ccc(-c3nc(-c4ccccc4)nc(-c4ccc(-c5ccc(-c6cccc7c6-c6ccccc6C76CCCCC6)c6ccccc56)cc4)n3)cc2)cc1. The average molecular weight is 744 g/mol. The normalized spacial score (nSPS) is 14.0. The number of aromatic nitrogens is 3. The number of nitrogens with zero attached hydrogens (tertiary/aromatic N) is 3. The summed E-state index contributed by atoms with van der Waals surface area (Å²) in [5.74, 6) is 1.96. The van der Waals surface area contributed by atoms with Crippen molar-refractivity contribution >= 4 is 10.8 Å². The highest BCUT2D eigenvalue weighted by atomic mass is 15.0. The largest absolute Gasteiger partial charge is 0.208 e. The van der Waals surface area contributed by atoms with Crippen LogP contribution in [0.1, 0.15) is 43.2 Å². The topological polar surface area (TPSA) is 38.7 Å². The Bertz CT molecular complexity index is 2940. The monoisotopic (exact) mass is 743 g/mol. The third-order valence-electron chi connectivity index (χ3n) is 12.6. The summed E-state index contributed by atoms with van der Waals surface area (Å²) >= 11 is 0. The third kappa shape index (κ3) is 5.77. The van der Waals surface area contributed by atoms with E-state index in [9.17, 15) is 0 Å². The van der Waals surface area contributed by atoms with E-state index in [4.69, 9.17) is 15.0 Å². The van der Waals surface area contributed by atoms with Gasteiger partial charge in [0.15, 0.2) is 17.5 Å². The lowest BCUT2D eigenvalue weighted by molar-refractivity contribution is 0.353. The van der Waals surface area contributed by atoms with Crippen molar-refractivity contribution in [2.24, 2.45) is 0 Å². The van der Waals surface area contributed by atoms with Crippen molar-refractivity contribution in [3.05, 3.63) is 199 Å². The van der Waals surface area contributed by atoms with Crippen molar-refractivity contribution in [1.82, 2.24) is 15.0 Å². The average Bonchev–Trinajstić information content (AvgIpc) is 3.58. The van der Waals surface area contributed by atoms with Gasteiger partial charge < -0.3 is 0 Å². The molecule has 3 nitrogen and oxygen atoms in total. The molecule has 0 N–H and O–H groups in total. The molecule has 1 saturated carbocycles. The fourth-order valence-electron chi connectivity index (χ4n) is 9.80. The first-order valence-electron chi connectivity index (χ1n) is 20.6. The summed E-state index contributed by atoms with van der Waals surface area (Å²) in [7, 11) is 0. The van der Waals surface area contributed by atoms with Gasteiger partial charge in [0.25, 0.3) is 0 Å². The molecule has 0 saturated heterocycles. The van der Waals surface area contributed by atoms with E-state index in [0.717, 1.165) is 27.8 Å². The molecule has 0 aliphatic heterocycles. The van der Waals surface area contributed by atoms with Crippen molar-refractivity contribution in [2.75, 3.05) is 0 Å². The van der Waals surface area contributed by atoms with Gasteiger partial charge in [-0.2, -0.15) is 0 Å². The Morgan fingerprint density at radius 3 is 1.40 bits per heavy atom. The first kappa shape index (κ1) is 34.3. The number of hydrogen-bond acceptors (Lipinski definition) is 3. The lowest BCUT2D eigenvalue weighted by atomic mass is 9.67. The Morgan fingerprint density at radius 1 is 0.293 bits per heavy atom. The fraction of sp³-hybridized carbons (Fsp3) is 0.109. The second-order valence-electron chi connectivity index (χ2n) is 15.8. The molecule has 1 heterocycles. The van der Waals surface area contributed by atoms with E-state index < -0.39 is 0 Å². The maximum atomic E-state index is 5.05. The molecule has 3 heteroatoms. The molecule has 11 rings (SSSR count). The molecule has 58 heavy (non-hydrogen) atoms. The second-order valence-corrected chi connectivity index (χ2v) is 15.8. The maximum Gasteiger partial charge on any atom is 0.164 e. The van der Waals surface area contributed by atoms with Crippen LogP contribution in [0.2, 0.25) is 0 Å². The van der Waals surface area contributed by atoms with Crippen LogP contribution in [0.5, 0.6) is 0 Å². The third-order valence-corrected chi connectivity index (χ3v) is 12.6. The van der Waals surface area contributed by atoms with Gasteiger partial charge in [-0.1, -0.05) is 207 Å². The van der Waals surface area contributed by atoms with Crippen LogP contribution >= 0.6 is 0 Å². The minimum atomic E-state index is 0.131. The molecule has 0 atom stereocenters. The van der Waals surface area contributed by atoms with Crippen LogP contribution < -0.4 is 0 Å². The van der Waals surface area contributed by atoms with Crippen LogP contribution in [0.4, 0.5) is 0 Å². The van der Waals surface area contributed by atoms with E-state index in [1.807, 2.05) is 24.3 Å². The van der Waals surface area contributed by atoms with Gasteiger partial charge in [-0.15, -0.1) is 0 Å². The first-order valence-corrected chi connectivity index (χ1v) is 20.6. The summed E-state index contributed by atoms with van der Waals surface area (Å²) in [6.45, 7) is 0. The molecule has 0 unspecified atom stereocenters. The molecule has 1 aromatic heterocycles. The Morgan fingerprint density at radius 2 is 0.741 bits per heavy atom. The van der Waals surface area contributed by atoms with Crippen molar-refractivity contribution in [3.63, 3.8) is 0 Å². The summed E-state index contributed by atoms with van der Waals surface area (Å²) in [5, 5.41) is 2.52. The zero-order valence-corrected chi connectivity index (χ0v) is 32.3. The number of fused-ring (bicyclic) bond motifs is 6. The smallest absolute Gasteiger partial charge is 0.164 e. The van der Waals surface area contributed by atoms with Crippen molar-refractivity contribution < 1.29 is 0 Å². The van der Waals surface area contributed by atoms with Gasteiger partial charge in [-0.3, -0.25) is 0 Å². The molecule has 9 aromatic rings. The van der Waals surface area contributed by atoms with Crippen LogP contribution in [-0.2, 0) is 5.41 Å². The highest BCUT2D eigenvalue weighted by molar-refractivity contribution is 6.08. The maximum absolute atomic E-state index is 5.05. The molecule has 1 spiro atoms. The van der Waals surface area contributed by atoms with Crippen LogP contribution in [0.15, 0.2) is 188 Å². The van der Waals surface area contributed by atoms with E-state index in [0.29, 0.717) is 17.5 Å². The Balaban J connectivity index is 0.977. The lowest BCUT2D eigenvalue weighted by Gasteiger charge is -2.36. The van der Waals surface area contributed by atoms with Gasteiger partial charge in [-0.05, 0) is 79.2 Å². The van der Waals surface area contributed by atoms with Gasteiger partial charge in [0.2, 0.25) is 0 Å². The quantitative estimate of drug-likeness (QED) is 0.170. The zero-order chi connectivity index (χ0) is 38.5. The summed E-state index contributed by atoms with van der Waals surface area (Å²) in [4.78, 5) is 15.0. The Labute approximate surface area is 339 Å². The molecule has 8 aromatic carbocycles. The van der Waals surface area contributed by atoms with Crippen LogP contribution in [0.3, 0.4) is 0 Å². The van der Waals surface area contributed by atoms with Gasteiger partial charge in [0, 0.05) is 22.1 Å². The van der Waals surface area contributed by atoms with Gasteiger partial charge in [0.1, 0.15) is 0 Å². The van der Waals surface area contributed by atoms with E-state index in [1.165, 1.54) is 87.4 Å². The molecular formula is C55H41N3. The van der Waals surface area contributed by atoms with Crippen LogP contribution in [0.25, 0.3) is 89.4 Å². The molecule has 0 amide bonds. The molecule has 2 aliphatic rings. The van der Waals surface area contributed by atoms with E-state index in [-0.39, 0.29) is 5.41 Å². The van der Waals surface area contributed by atoms with E-state index >= 15 is 0 Å². The number of hydrogen-bond donors (Lipinski definition) is 0. The number of benzene rings is 8. The van der Waals surface area contributed by atoms with Crippen molar-refractivity contribution in [3.8, 4) is 78.7 Å². The summed E-state index contributed by atoms with van der Waals surface area (Å²) in [6.07, 6.45) is 6.39. The predicted octanol–water partition coefficient (Wildman–Crippen LogP) is 14.3. The molecule has 0 radical (unpaired) electrons. The fourth-order valence-corrected chi connectivity index (χ4v) is 9.80. The lowest BCUT2D eigenvalue weighted by Crippen LogP contribution is -2.27. The Kier molecular flexibility index (Phi) is 8.40. The minimum absolute atomic E-state index is 0.131. The predicted molar refractivity (Wildman–Crippen MR) is 239 cm³/mol. The second kappa shape index (κ2) is 14.2. The summed E-state index contributed by atoms with van der Waals surface area (Å²) < 4.78 is 0. The van der Waals surface area contributed by atoms with Gasteiger partial charge in [0.05, 0.1) is 0 Å². The zero-order valence-electron chi connectivity index (χ0n) is 32.3. The van der Waals surface area contributed by atoms with Crippen LogP contribution in [-0.4, -0.2) is 15.0 Å². The summed E-state index contributed by atoms with van der Waals surface area (Å²) in [5.41, 5.74) is 16.2. The van der Waals surface area contributed by atoms with Crippen molar-refractivity contribution in [2.45, 2.75) is 37.5 Å².